The molecular weight excluding hydrogens is 386 g/mol. The van der Waals surface area contributed by atoms with E-state index < -0.39 is 5.91 Å². The highest BCUT2D eigenvalue weighted by atomic mass is 16.5. The molecule has 0 aliphatic carbocycles. The van der Waals surface area contributed by atoms with Gasteiger partial charge in [-0.05, 0) is 35.4 Å². The Kier molecular flexibility index (Phi) is 6.53. The molecule has 3 aromatic rings. The number of carbonyl (C=O) groups is 2. The zero-order valence-electron chi connectivity index (χ0n) is 16.7. The molecule has 1 heterocycles. The van der Waals surface area contributed by atoms with Gasteiger partial charge in [0.15, 0.2) is 6.61 Å². The van der Waals surface area contributed by atoms with Crippen LogP contribution < -0.4 is 20.5 Å². The second-order valence-electron chi connectivity index (χ2n) is 6.59. The number of aromatic nitrogens is 2. The number of amides is 3. The van der Waals surface area contributed by atoms with E-state index in [2.05, 4.69) is 15.5 Å². The Labute approximate surface area is 173 Å². The normalized spacial score (nSPS) is 10.3. The number of carbonyl (C=O) groups excluding carboxylic acids is 2. The van der Waals surface area contributed by atoms with E-state index in [0.29, 0.717) is 18.0 Å². The number of nitrogens with zero attached hydrogens (tertiary/aromatic N) is 2. The Morgan fingerprint density at radius 1 is 1.20 bits per heavy atom. The molecule has 0 spiro atoms. The van der Waals surface area contributed by atoms with Crippen LogP contribution in [0.25, 0.3) is 11.1 Å². The summed E-state index contributed by atoms with van der Waals surface area (Å²) in [6.45, 7) is 0.0744. The molecule has 0 unspecified atom stereocenters. The highest BCUT2D eigenvalue weighted by Gasteiger charge is 2.15. The Bertz CT molecular complexity index is 1020. The molecule has 0 aliphatic heterocycles. The molecule has 3 rings (SSSR count). The van der Waals surface area contributed by atoms with Crippen LogP contribution in [0.2, 0.25) is 0 Å². The third-order valence-corrected chi connectivity index (χ3v) is 4.33. The van der Waals surface area contributed by atoms with Gasteiger partial charge in [-0.15, -0.1) is 0 Å². The van der Waals surface area contributed by atoms with E-state index in [-0.39, 0.29) is 12.6 Å². The summed E-state index contributed by atoms with van der Waals surface area (Å²) in [7, 11) is 3.27. The molecule has 3 amide bonds. The lowest BCUT2D eigenvalue weighted by atomic mass is 10.1. The van der Waals surface area contributed by atoms with Crippen molar-refractivity contribution in [3.05, 3.63) is 60.4 Å². The largest absolute Gasteiger partial charge is 0.497 e. The molecule has 0 saturated heterocycles. The van der Waals surface area contributed by atoms with E-state index in [1.165, 1.54) is 4.90 Å². The minimum absolute atomic E-state index is 0.308. The van der Waals surface area contributed by atoms with Gasteiger partial charge in [0.05, 0.1) is 19.0 Å². The number of methoxy groups -OCH3 is 1. The number of hydrogen-bond donors (Lipinski definition) is 3. The van der Waals surface area contributed by atoms with Crippen molar-refractivity contribution in [1.29, 1.82) is 0 Å². The SMILES string of the molecule is COc1cccc(CN(C)C(=O)Nc2ccc(-c3cn[nH]c3)cc2OCC(N)=O)c1. The lowest BCUT2D eigenvalue weighted by molar-refractivity contribution is -0.119. The molecular formula is C21H23N5O4. The number of aromatic amines is 1. The van der Waals surface area contributed by atoms with Crippen molar-refractivity contribution >= 4 is 17.6 Å². The average molecular weight is 409 g/mol. The topological polar surface area (TPSA) is 123 Å². The van der Waals surface area contributed by atoms with Gasteiger partial charge in [-0.3, -0.25) is 9.89 Å². The maximum absolute atomic E-state index is 12.7. The Morgan fingerprint density at radius 2 is 2.03 bits per heavy atom. The third kappa shape index (κ3) is 5.28. The van der Waals surface area contributed by atoms with Crippen molar-refractivity contribution in [2.45, 2.75) is 6.54 Å². The van der Waals surface area contributed by atoms with Crippen LogP contribution in [0.1, 0.15) is 5.56 Å². The lowest BCUT2D eigenvalue weighted by Gasteiger charge is -2.20. The van der Waals surface area contributed by atoms with Crippen LogP contribution in [0.4, 0.5) is 10.5 Å². The smallest absolute Gasteiger partial charge is 0.321 e. The van der Waals surface area contributed by atoms with E-state index in [9.17, 15) is 9.59 Å². The van der Waals surface area contributed by atoms with Crippen molar-refractivity contribution in [1.82, 2.24) is 15.1 Å². The van der Waals surface area contributed by atoms with Crippen LogP contribution in [0, 0.1) is 0 Å². The fourth-order valence-electron chi connectivity index (χ4n) is 2.81. The van der Waals surface area contributed by atoms with Gasteiger partial charge in [-0.1, -0.05) is 18.2 Å². The summed E-state index contributed by atoms with van der Waals surface area (Å²) in [6.07, 6.45) is 3.39. The maximum atomic E-state index is 12.7. The van der Waals surface area contributed by atoms with Gasteiger partial charge >= 0.3 is 6.03 Å². The van der Waals surface area contributed by atoms with Crippen molar-refractivity contribution in [2.24, 2.45) is 5.73 Å². The highest BCUT2D eigenvalue weighted by molar-refractivity contribution is 5.91. The Balaban J connectivity index is 1.76. The third-order valence-electron chi connectivity index (χ3n) is 4.33. The maximum Gasteiger partial charge on any atom is 0.321 e. The summed E-state index contributed by atoms with van der Waals surface area (Å²) in [5.41, 5.74) is 8.19. The predicted molar refractivity (Wildman–Crippen MR) is 112 cm³/mol. The molecule has 9 heteroatoms. The molecule has 30 heavy (non-hydrogen) atoms. The molecule has 1 aromatic heterocycles. The first kappa shape index (κ1) is 20.7. The highest BCUT2D eigenvalue weighted by Crippen LogP contribution is 2.31. The van der Waals surface area contributed by atoms with Crippen LogP contribution in [0.5, 0.6) is 11.5 Å². The number of hydrogen-bond acceptors (Lipinski definition) is 5. The second-order valence-corrected chi connectivity index (χ2v) is 6.59. The summed E-state index contributed by atoms with van der Waals surface area (Å²) in [6, 6.07) is 12.4. The van der Waals surface area contributed by atoms with E-state index in [1.807, 2.05) is 30.3 Å². The van der Waals surface area contributed by atoms with Crippen LogP contribution >= 0.6 is 0 Å². The van der Waals surface area contributed by atoms with E-state index in [4.69, 9.17) is 15.2 Å². The van der Waals surface area contributed by atoms with Gasteiger partial charge < -0.3 is 25.4 Å². The summed E-state index contributed by atoms with van der Waals surface area (Å²) in [4.78, 5) is 25.4. The molecule has 0 saturated carbocycles. The first-order chi connectivity index (χ1) is 14.5. The number of rotatable bonds is 8. The number of nitrogens with one attached hydrogen (secondary N) is 2. The van der Waals surface area contributed by atoms with Crippen molar-refractivity contribution in [3.8, 4) is 22.6 Å². The molecule has 0 aliphatic rings. The predicted octanol–water partition coefficient (Wildman–Crippen LogP) is 2.61. The summed E-state index contributed by atoms with van der Waals surface area (Å²) in [5, 5.41) is 9.47. The van der Waals surface area contributed by atoms with Crippen LogP contribution in [-0.4, -0.2) is 47.8 Å². The second kappa shape index (κ2) is 9.46. The summed E-state index contributed by atoms with van der Waals surface area (Å²) in [5.74, 6) is 0.435. The number of anilines is 1. The zero-order valence-corrected chi connectivity index (χ0v) is 16.7. The van der Waals surface area contributed by atoms with Gasteiger partial charge in [-0.25, -0.2) is 4.79 Å². The number of benzene rings is 2. The first-order valence-corrected chi connectivity index (χ1v) is 9.15. The minimum atomic E-state index is -0.615. The van der Waals surface area contributed by atoms with Crippen molar-refractivity contribution in [3.63, 3.8) is 0 Å². The summed E-state index contributed by atoms with van der Waals surface area (Å²) < 4.78 is 10.7. The molecule has 4 N–H and O–H groups in total. The number of ether oxygens (including phenoxy) is 2. The van der Waals surface area contributed by atoms with Gasteiger partial charge in [-0.2, -0.15) is 5.10 Å². The van der Waals surface area contributed by atoms with Gasteiger partial charge in [0.2, 0.25) is 0 Å². The molecule has 0 radical (unpaired) electrons. The van der Waals surface area contributed by atoms with E-state index >= 15 is 0 Å². The Morgan fingerprint density at radius 3 is 2.73 bits per heavy atom. The van der Waals surface area contributed by atoms with Gasteiger partial charge in [0.25, 0.3) is 5.91 Å². The average Bonchev–Trinajstić information content (AvgIpc) is 3.28. The fraction of sp³-hybridized carbons (Fsp3) is 0.190. The molecule has 9 nitrogen and oxygen atoms in total. The summed E-state index contributed by atoms with van der Waals surface area (Å²) >= 11 is 0. The number of urea groups is 1. The van der Waals surface area contributed by atoms with Gasteiger partial charge in [0.1, 0.15) is 11.5 Å². The van der Waals surface area contributed by atoms with E-state index in [1.54, 1.807) is 38.7 Å². The zero-order chi connectivity index (χ0) is 21.5. The lowest BCUT2D eigenvalue weighted by Crippen LogP contribution is -2.31. The van der Waals surface area contributed by atoms with Crippen LogP contribution in [-0.2, 0) is 11.3 Å². The monoisotopic (exact) mass is 409 g/mol. The number of nitrogens with two attached hydrogens (primary N) is 1. The van der Waals surface area contributed by atoms with Gasteiger partial charge in [0, 0.05) is 25.4 Å². The van der Waals surface area contributed by atoms with Crippen molar-refractivity contribution < 1.29 is 19.1 Å². The first-order valence-electron chi connectivity index (χ1n) is 9.15. The van der Waals surface area contributed by atoms with Crippen molar-refractivity contribution in [2.75, 3.05) is 26.1 Å². The number of primary amides is 1. The molecule has 0 bridgehead atoms. The van der Waals surface area contributed by atoms with Crippen LogP contribution in [0.15, 0.2) is 54.9 Å². The van der Waals surface area contributed by atoms with Crippen LogP contribution in [0.3, 0.4) is 0 Å². The fourth-order valence-corrected chi connectivity index (χ4v) is 2.81. The molecule has 0 fully saturated rings. The standard InChI is InChI=1S/C21H23N5O4/c1-26(12-14-4-3-5-17(8-14)29-2)21(28)25-18-7-6-15(16-10-23-24-11-16)9-19(18)30-13-20(22)27/h3-11H,12-13H2,1-2H3,(H2,22,27)(H,23,24)(H,25,28). The molecule has 156 valence electrons. The number of H-pyrrole nitrogens is 1. The molecule has 2 aromatic carbocycles. The Hall–Kier alpha value is -4.01. The minimum Gasteiger partial charge on any atom is -0.497 e. The molecule has 0 atom stereocenters. The quantitative estimate of drug-likeness (QED) is 0.528. The van der Waals surface area contributed by atoms with E-state index in [0.717, 1.165) is 22.4 Å².